The van der Waals surface area contributed by atoms with Gasteiger partial charge in [0.05, 0.1) is 4.83 Å². The lowest BCUT2D eigenvalue weighted by Gasteiger charge is -2.11. The minimum atomic E-state index is -0.0372. The van der Waals surface area contributed by atoms with Gasteiger partial charge >= 0.3 is 0 Å². The zero-order valence-electron chi connectivity index (χ0n) is 8.20. The molecule has 0 spiro atoms. The molecule has 1 aromatic heterocycles. The Morgan fingerprint density at radius 2 is 2.36 bits per heavy atom. The summed E-state index contributed by atoms with van der Waals surface area (Å²) in [6.07, 6.45) is 0.856. The van der Waals surface area contributed by atoms with Gasteiger partial charge in [-0.1, -0.05) is 15.9 Å². The Morgan fingerprint density at radius 3 is 2.79 bits per heavy atom. The van der Waals surface area contributed by atoms with Crippen molar-refractivity contribution in [2.45, 2.75) is 18.2 Å². The van der Waals surface area contributed by atoms with E-state index in [2.05, 4.69) is 21.0 Å². The fraction of sp³-hybridized carbons (Fsp3) is 0.556. The maximum Gasteiger partial charge on any atom is 0.242 e. The number of aromatic nitrogens is 2. The van der Waals surface area contributed by atoms with Crippen LogP contribution in [0.3, 0.4) is 0 Å². The van der Waals surface area contributed by atoms with Crippen molar-refractivity contribution in [3.8, 4) is 0 Å². The first kappa shape index (κ1) is 9.71. The molecule has 1 fully saturated rings. The van der Waals surface area contributed by atoms with Crippen LogP contribution >= 0.6 is 15.9 Å². The van der Waals surface area contributed by atoms with Crippen LogP contribution in [0.1, 0.15) is 12.1 Å². The lowest BCUT2D eigenvalue weighted by molar-refractivity contribution is -0.116. The molecule has 14 heavy (non-hydrogen) atoms. The number of alkyl halides is 1. The van der Waals surface area contributed by atoms with E-state index >= 15 is 0 Å². The molecule has 2 heterocycles. The van der Waals surface area contributed by atoms with Crippen molar-refractivity contribution in [3.63, 3.8) is 0 Å². The Balaban J connectivity index is 2.28. The molecule has 1 amide bonds. The molecule has 1 aliphatic rings. The Hall–Kier alpha value is -0.840. The summed E-state index contributed by atoms with van der Waals surface area (Å²) in [5.41, 5.74) is 1.06. The van der Waals surface area contributed by atoms with Crippen LogP contribution in [0.25, 0.3) is 0 Å². The molecule has 4 nitrogen and oxygen atoms in total. The van der Waals surface area contributed by atoms with Crippen LogP contribution in [0.4, 0.5) is 5.82 Å². The van der Waals surface area contributed by atoms with Gasteiger partial charge in [-0.3, -0.25) is 14.4 Å². The average molecular weight is 258 g/mol. The van der Waals surface area contributed by atoms with Crippen LogP contribution in [0, 0.1) is 6.92 Å². The summed E-state index contributed by atoms with van der Waals surface area (Å²) in [6, 6.07) is 1.93. The van der Waals surface area contributed by atoms with Gasteiger partial charge < -0.3 is 0 Å². The molecule has 0 radical (unpaired) electrons. The van der Waals surface area contributed by atoms with Gasteiger partial charge in [-0.25, -0.2) is 0 Å². The molecule has 1 aliphatic heterocycles. The summed E-state index contributed by atoms with van der Waals surface area (Å²) in [5.74, 6) is 0.875. The van der Waals surface area contributed by atoms with E-state index in [9.17, 15) is 4.79 Å². The van der Waals surface area contributed by atoms with Gasteiger partial charge in [-0.2, -0.15) is 5.10 Å². The third-order valence-electron chi connectivity index (χ3n) is 2.52. The summed E-state index contributed by atoms with van der Waals surface area (Å²) in [4.78, 5) is 13.3. The number of hydrogen-bond donors (Lipinski definition) is 0. The van der Waals surface area contributed by atoms with Crippen molar-refractivity contribution in [2.24, 2.45) is 7.05 Å². The molecule has 76 valence electrons. The number of halogens is 1. The molecule has 2 rings (SSSR count). The van der Waals surface area contributed by atoms with Crippen molar-refractivity contribution in [2.75, 3.05) is 11.4 Å². The average Bonchev–Trinajstić information content (AvgIpc) is 2.61. The minimum absolute atomic E-state index is 0.0372. The van der Waals surface area contributed by atoms with Crippen molar-refractivity contribution in [3.05, 3.63) is 11.8 Å². The number of hydrogen-bond acceptors (Lipinski definition) is 2. The van der Waals surface area contributed by atoms with Crippen LogP contribution in [-0.2, 0) is 11.8 Å². The first-order valence-electron chi connectivity index (χ1n) is 4.55. The fourth-order valence-electron chi connectivity index (χ4n) is 1.55. The predicted molar refractivity (Wildman–Crippen MR) is 57.6 cm³/mol. The first-order valence-corrected chi connectivity index (χ1v) is 5.47. The Morgan fingerprint density at radius 1 is 1.64 bits per heavy atom. The molecule has 1 atom stereocenters. The van der Waals surface area contributed by atoms with Gasteiger partial charge in [0, 0.05) is 25.4 Å². The molecule has 0 N–H and O–H groups in total. The molecule has 1 saturated heterocycles. The third-order valence-corrected chi connectivity index (χ3v) is 3.37. The second-order valence-electron chi connectivity index (χ2n) is 3.51. The molecule has 0 bridgehead atoms. The number of nitrogens with zero attached hydrogens (tertiary/aromatic N) is 3. The van der Waals surface area contributed by atoms with E-state index in [0.717, 1.165) is 24.5 Å². The Labute approximate surface area is 91.0 Å². The van der Waals surface area contributed by atoms with Gasteiger partial charge in [0.25, 0.3) is 0 Å². The lowest BCUT2D eigenvalue weighted by atomic mass is 10.4. The topological polar surface area (TPSA) is 38.1 Å². The van der Waals surface area contributed by atoms with Crippen molar-refractivity contribution in [1.82, 2.24) is 9.78 Å². The van der Waals surface area contributed by atoms with Crippen LogP contribution < -0.4 is 4.90 Å². The number of carbonyl (C=O) groups excluding carboxylic acids is 1. The quantitative estimate of drug-likeness (QED) is 0.710. The van der Waals surface area contributed by atoms with E-state index in [1.807, 2.05) is 20.0 Å². The molecule has 0 aliphatic carbocycles. The van der Waals surface area contributed by atoms with E-state index in [0.29, 0.717) is 0 Å². The Kier molecular flexibility index (Phi) is 2.34. The number of amides is 1. The number of aryl methyl sites for hydroxylation is 2. The minimum Gasteiger partial charge on any atom is -0.294 e. The number of carbonyl (C=O) groups is 1. The van der Waals surface area contributed by atoms with Crippen LogP contribution in [-0.4, -0.2) is 27.1 Å². The summed E-state index contributed by atoms with van der Waals surface area (Å²) in [5, 5.41) is 4.28. The smallest absolute Gasteiger partial charge is 0.242 e. The second-order valence-corrected chi connectivity index (χ2v) is 4.62. The molecule has 1 aromatic rings. The zero-order chi connectivity index (χ0) is 10.3. The fourth-order valence-corrected chi connectivity index (χ4v) is 2.00. The molecular formula is C9H12BrN3O. The van der Waals surface area contributed by atoms with Crippen LogP contribution in [0.2, 0.25) is 0 Å². The van der Waals surface area contributed by atoms with Gasteiger partial charge in [-0.05, 0) is 13.3 Å². The van der Waals surface area contributed by atoms with Gasteiger partial charge in [-0.15, -0.1) is 0 Å². The van der Waals surface area contributed by atoms with E-state index in [-0.39, 0.29) is 10.7 Å². The van der Waals surface area contributed by atoms with Gasteiger partial charge in [0.1, 0.15) is 0 Å². The maximum atomic E-state index is 11.7. The highest BCUT2D eigenvalue weighted by atomic mass is 79.9. The SMILES string of the molecule is Cc1cc(N2CCC(Br)C2=O)nn1C. The van der Waals surface area contributed by atoms with Crippen LogP contribution in [0.15, 0.2) is 6.07 Å². The highest BCUT2D eigenvalue weighted by molar-refractivity contribution is 9.10. The Bertz CT molecular complexity index is 355. The summed E-state index contributed by atoms with van der Waals surface area (Å²) < 4.78 is 1.78. The van der Waals surface area contributed by atoms with E-state index in [1.54, 1.807) is 9.58 Å². The summed E-state index contributed by atoms with van der Waals surface area (Å²) in [6.45, 7) is 2.73. The number of rotatable bonds is 1. The highest BCUT2D eigenvalue weighted by Crippen LogP contribution is 2.24. The highest BCUT2D eigenvalue weighted by Gasteiger charge is 2.31. The molecule has 1 unspecified atom stereocenters. The predicted octanol–water partition coefficient (Wildman–Crippen LogP) is 1.23. The van der Waals surface area contributed by atoms with Gasteiger partial charge in [0.15, 0.2) is 5.82 Å². The van der Waals surface area contributed by atoms with Crippen molar-refractivity contribution < 1.29 is 4.79 Å². The third kappa shape index (κ3) is 1.45. The standard InChI is InChI=1S/C9H12BrN3O/c1-6-5-8(11-12(6)2)13-4-3-7(10)9(13)14/h5,7H,3-4H2,1-2H3. The molecule has 0 aromatic carbocycles. The van der Waals surface area contributed by atoms with E-state index in [1.165, 1.54) is 0 Å². The largest absolute Gasteiger partial charge is 0.294 e. The van der Waals surface area contributed by atoms with Crippen molar-refractivity contribution in [1.29, 1.82) is 0 Å². The molecular weight excluding hydrogens is 246 g/mol. The first-order chi connectivity index (χ1) is 6.59. The number of anilines is 1. The molecule has 5 heteroatoms. The zero-order valence-corrected chi connectivity index (χ0v) is 9.78. The second kappa shape index (κ2) is 3.38. The maximum absolute atomic E-state index is 11.7. The van der Waals surface area contributed by atoms with Crippen LogP contribution in [0.5, 0.6) is 0 Å². The lowest BCUT2D eigenvalue weighted by Crippen LogP contribution is -2.27. The van der Waals surface area contributed by atoms with Gasteiger partial charge in [0.2, 0.25) is 5.91 Å². The van der Waals surface area contributed by atoms with E-state index < -0.39 is 0 Å². The monoisotopic (exact) mass is 257 g/mol. The van der Waals surface area contributed by atoms with Crippen molar-refractivity contribution >= 4 is 27.7 Å². The normalized spacial score (nSPS) is 22.1. The van der Waals surface area contributed by atoms with E-state index in [4.69, 9.17) is 0 Å². The summed E-state index contributed by atoms with van der Waals surface area (Å²) in [7, 11) is 1.88. The summed E-state index contributed by atoms with van der Waals surface area (Å²) >= 11 is 3.34. The molecule has 0 saturated carbocycles.